The molecule has 1 aliphatic carbocycles. The Hall–Kier alpha value is -4.86. The van der Waals surface area contributed by atoms with Gasteiger partial charge in [-0.15, -0.1) is 0 Å². The lowest BCUT2D eigenvalue weighted by Crippen LogP contribution is -2.45. The summed E-state index contributed by atoms with van der Waals surface area (Å²) in [5, 5.41) is 20.8. The van der Waals surface area contributed by atoms with Gasteiger partial charge >= 0.3 is 30.0 Å². The Bertz CT molecular complexity index is 1450. The van der Waals surface area contributed by atoms with Crippen LogP contribution in [0.4, 0.5) is 36.4 Å². The summed E-state index contributed by atoms with van der Waals surface area (Å²) in [4.78, 5) is 45.9. The Labute approximate surface area is 241 Å². The highest BCUT2D eigenvalue weighted by Gasteiger charge is 2.45. The highest BCUT2D eigenvalue weighted by Crippen LogP contribution is 2.48. The van der Waals surface area contributed by atoms with Gasteiger partial charge in [-0.2, -0.15) is 28.1 Å². The Morgan fingerprint density at radius 1 is 1.00 bits per heavy atom. The number of nitrogens with one attached hydrogen (secondary N) is 4. The average Bonchev–Trinajstić information content (AvgIpc) is 3.70. The van der Waals surface area contributed by atoms with Crippen molar-refractivity contribution in [3.8, 4) is 6.01 Å². The maximum atomic E-state index is 12.8. The van der Waals surface area contributed by atoms with E-state index in [1.807, 2.05) is 12.1 Å². The van der Waals surface area contributed by atoms with Crippen LogP contribution in [0.5, 0.6) is 6.01 Å². The van der Waals surface area contributed by atoms with Gasteiger partial charge in [-0.05, 0) is 54.8 Å². The fourth-order valence-electron chi connectivity index (χ4n) is 3.74. The van der Waals surface area contributed by atoms with Crippen LogP contribution in [0.1, 0.15) is 18.4 Å². The first kappa shape index (κ1) is 30.1. The van der Waals surface area contributed by atoms with Crippen LogP contribution in [0.15, 0.2) is 48.5 Å². The molecule has 1 heterocycles. The summed E-state index contributed by atoms with van der Waals surface area (Å²) < 4.78 is 43.2. The standard InChI is InChI=1S/C25H24ClF3N8O5/c26-14-3-1-13(2-4-14)24(9-10-24)37-22-34-21(35-23(36-22)42-12-25(27,28)29)33-16-7-5-15(6-8-16)32-17(20(40)41)11-31-19(39)18(30)38/h1-8,17,32H,9-12H2,(H2,30,38)(H,31,39)(H,40,41)(H2,33,34,35,36,37)/t17-/m0/s1. The number of primary amides is 1. The molecule has 7 N–H and O–H groups in total. The first-order chi connectivity index (χ1) is 19.8. The van der Waals surface area contributed by atoms with Crippen LogP contribution in [0.25, 0.3) is 0 Å². The number of rotatable bonds is 12. The largest absolute Gasteiger partial charge is 0.480 e. The Morgan fingerprint density at radius 2 is 1.62 bits per heavy atom. The van der Waals surface area contributed by atoms with E-state index in [9.17, 15) is 32.7 Å². The van der Waals surface area contributed by atoms with Crippen molar-refractivity contribution in [2.45, 2.75) is 30.6 Å². The number of aromatic nitrogens is 3. The summed E-state index contributed by atoms with van der Waals surface area (Å²) in [5.74, 6) is -3.82. The smallest absolute Gasteiger partial charge is 0.422 e. The van der Waals surface area contributed by atoms with Gasteiger partial charge in [0.05, 0.1) is 5.54 Å². The van der Waals surface area contributed by atoms with Crippen molar-refractivity contribution in [1.82, 2.24) is 20.3 Å². The lowest BCUT2D eigenvalue weighted by molar-refractivity contribution is -0.154. The molecule has 4 rings (SSSR count). The molecule has 0 unspecified atom stereocenters. The lowest BCUT2D eigenvalue weighted by atomic mass is 10.1. The minimum Gasteiger partial charge on any atom is -0.480 e. The number of benzene rings is 2. The number of carboxylic acid groups (broad SMARTS) is 1. The van der Waals surface area contributed by atoms with Crippen molar-refractivity contribution >= 4 is 52.7 Å². The summed E-state index contributed by atoms with van der Waals surface area (Å²) in [5.41, 5.74) is 5.95. The Morgan fingerprint density at radius 3 is 2.19 bits per heavy atom. The molecule has 0 saturated heterocycles. The van der Waals surface area contributed by atoms with Crippen LogP contribution in [0.3, 0.4) is 0 Å². The highest BCUT2D eigenvalue weighted by molar-refractivity contribution is 6.34. The van der Waals surface area contributed by atoms with E-state index < -0.39 is 54.7 Å². The van der Waals surface area contributed by atoms with Gasteiger partial charge in [-0.3, -0.25) is 9.59 Å². The number of nitrogens with zero attached hydrogens (tertiary/aromatic N) is 3. The third kappa shape index (κ3) is 8.33. The fraction of sp³-hybridized carbons (Fsp3) is 0.280. The van der Waals surface area contributed by atoms with Crippen molar-refractivity contribution in [2.75, 3.05) is 29.1 Å². The van der Waals surface area contributed by atoms with E-state index in [0.29, 0.717) is 16.4 Å². The van der Waals surface area contributed by atoms with E-state index in [2.05, 4.69) is 36.2 Å². The lowest BCUT2D eigenvalue weighted by Gasteiger charge is -2.19. The normalized spacial score (nSPS) is 14.3. The monoisotopic (exact) mass is 608 g/mol. The maximum Gasteiger partial charge on any atom is 0.422 e. The van der Waals surface area contributed by atoms with E-state index in [1.165, 1.54) is 24.3 Å². The summed E-state index contributed by atoms with van der Waals surface area (Å²) in [6.07, 6.45) is -3.17. The van der Waals surface area contributed by atoms with E-state index in [1.54, 1.807) is 12.1 Å². The van der Waals surface area contributed by atoms with Crippen LogP contribution < -0.4 is 31.7 Å². The minimum absolute atomic E-state index is 0.0160. The molecular weight excluding hydrogens is 585 g/mol. The van der Waals surface area contributed by atoms with Gasteiger partial charge in [0.1, 0.15) is 6.04 Å². The zero-order valence-electron chi connectivity index (χ0n) is 21.5. The SMILES string of the molecule is NC(=O)C(=O)NC[C@H](Nc1ccc(Nc2nc(NC3(c4ccc(Cl)cc4)CC3)nc(OCC(F)(F)F)n2)cc1)C(=O)O. The molecule has 1 aromatic heterocycles. The van der Waals surface area contributed by atoms with Crippen molar-refractivity contribution in [3.63, 3.8) is 0 Å². The van der Waals surface area contributed by atoms with Crippen molar-refractivity contribution in [3.05, 3.63) is 59.1 Å². The summed E-state index contributed by atoms with van der Waals surface area (Å²) in [6.45, 7) is -2.03. The Balaban J connectivity index is 1.49. The second kappa shape index (κ2) is 12.3. The number of hydrogen-bond donors (Lipinski definition) is 6. The first-order valence-corrected chi connectivity index (χ1v) is 12.6. The van der Waals surface area contributed by atoms with E-state index in [4.69, 9.17) is 22.1 Å². The van der Waals surface area contributed by atoms with Crippen molar-refractivity contribution in [1.29, 1.82) is 0 Å². The number of aliphatic carboxylic acids is 1. The molecule has 1 atom stereocenters. The van der Waals surface area contributed by atoms with E-state index in [0.717, 1.165) is 18.4 Å². The van der Waals surface area contributed by atoms with E-state index >= 15 is 0 Å². The van der Waals surface area contributed by atoms with Gasteiger partial charge in [0.15, 0.2) is 6.61 Å². The van der Waals surface area contributed by atoms with Gasteiger partial charge in [0.25, 0.3) is 0 Å². The molecule has 1 saturated carbocycles. The van der Waals surface area contributed by atoms with Crippen LogP contribution in [0, 0.1) is 0 Å². The van der Waals surface area contributed by atoms with Gasteiger partial charge in [0.2, 0.25) is 11.9 Å². The number of carbonyl (C=O) groups excluding carboxylic acids is 2. The molecule has 17 heteroatoms. The van der Waals surface area contributed by atoms with Gasteiger partial charge in [-0.1, -0.05) is 23.7 Å². The molecule has 2 aromatic carbocycles. The van der Waals surface area contributed by atoms with Crippen molar-refractivity contribution < 1.29 is 37.4 Å². The molecule has 0 spiro atoms. The van der Waals surface area contributed by atoms with Crippen molar-refractivity contribution in [2.24, 2.45) is 5.73 Å². The van der Waals surface area contributed by atoms with Gasteiger partial charge < -0.3 is 36.8 Å². The third-order valence-electron chi connectivity index (χ3n) is 5.95. The molecule has 0 aliphatic heterocycles. The third-order valence-corrected chi connectivity index (χ3v) is 6.20. The zero-order chi connectivity index (χ0) is 30.5. The number of alkyl halides is 3. The molecule has 0 radical (unpaired) electrons. The fourth-order valence-corrected chi connectivity index (χ4v) is 3.86. The second-order valence-electron chi connectivity index (χ2n) is 9.19. The molecular formula is C25H24ClF3N8O5. The summed E-state index contributed by atoms with van der Waals surface area (Å²) in [6, 6.07) is 11.3. The molecule has 2 amide bonds. The number of anilines is 4. The number of hydrogen-bond acceptors (Lipinski definition) is 10. The molecule has 0 bridgehead atoms. The number of ether oxygens (including phenoxy) is 1. The van der Waals surface area contributed by atoms with Crippen LogP contribution in [0.2, 0.25) is 5.02 Å². The second-order valence-corrected chi connectivity index (χ2v) is 9.63. The molecule has 222 valence electrons. The molecule has 42 heavy (non-hydrogen) atoms. The van der Waals surface area contributed by atoms with Crippen LogP contribution in [-0.4, -0.2) is 63.2 Å². The number of carbonyl (C=O) groups is 3. The predicted octanol–water partition coefficient (Wildman–Crippen LogP) is 2.78. The average molecular weight is 609 g/mol. The van der Waals surface area contributed by atoms with E-state index in [-0.39, 0.29) is 11.9 Å². The van der Waals surface area contributed by atoms with Gasteiger partial charge in [-0.25, -0.2) is 4.79 Å². The zero-order valence-corrected chi connectivity index (χ0v) is 22.3. The molecule has 13 nitrogen and oxygen atoms in total. The Kier molecular flexibility index (Phi) is 8.84. The topological polar surface area (TPSA) is 193 Å². The molecule has 1 aliphatic rings. The predicted molar refractivity (Wildman–Crippen MR) is 144 cm³/mol. The molecule has 1 fully saturated rings. The quantitative estimate of drug-likeness (QED) is 0.166. The number of nitrogens with two attached hydrogens (primary N) is 1. The van der Waals surface area contributed by atoms with Gasteiger partial charge in [0, 0.05) is 22.9 Å². The number of halogens is 4. The summed E-state index contributed by atoms with van der Waals surface area (Å²) in [7, 11) is 0. The van der Waals surface area contributed by atoms with Crippen LogP contribution >= 0.6 is 11.6 Å². The maximum absolute atomic E-state index is 12.8. The highest BCUT2D eigenvalue weighted by atomic mass is 35.5. The first-order valence-electron chi connectivity index (χ1n) is 12.3. The number of amides is 2. The van der Waals surface area contributed by atoms with Crippen LogP contribution in [-0.2, 0) is 19.9 Å². The molecule has 3 aromatic rings. The summed E-state index contributed by atoms with van der Waals surface area (Å²) >= 11 is 5.99. The number of carboxylic acids is 1. The minimum atomic E-state index is -4.62.